The highest BCUT2D eigenvalue weighted by Gasteiger charge is 2.33. The normalized spacial score (nSPS) is 14.5. The molecular formula is C18H19F3N2O2S. The molecule has 0 saturated heterocycles. The van der Waals surface area contributed by atoms with E-state index in [1.165, 1.54) is 12.1 Å². The highest BCUT2D eigenvalue weighted by Crippen LogP contribution is 2.31. The minimum Gasteiger partial charge on any atom is -0.335 e. The molecule has 1 aromatic carbocycles. The van der Waals surface area contributed by atoms with Crippen molar-refractivity contribution in [2.75, 3.05) is 0 Å². The third-order valence-corrected chi connectivity index (χ3v) is 5.35. The van der Waals surface area contributed by atoms with Crippen molar-refractivity contribution in [1.29, 1.82) is 0 Å². The average molecular weight is 384 g/mol. The van der Waals surface area contributed by atoms with Gasteiger partial charge in [-0.15, -0.1) is 0 Å². The van der Waals surface area contributed by atoms with Crippen molar-refractivity contribution in [1.82, 2.24) is 9.47 Å². The Balaban J connectivity index is 1.65. The first kappa shape index (κ1) is 18.7. The Morgan fingerprint density at radius 2 is 1.92 bits per heavy atom. The summed E-state index contributed by atoms with van der Waals surface area (Å²) in [7, 11) is 0. The van der Waals surface area contributed by atoms with Crippen LogP contribution in [0.25, 0.3) is 0 Å². The first-order valence-corrected chi connectivity index (χ1v) is 9.24. The van der Waals surface area contributed by atoms with Crippen molar-refractivity contribution in [3.63, 3.8) is 0 Å². The van der Waals surface area contributed by atoms with Crippen LogP contribution in [0.15, 0.2) is 34.4 Å². The van der Waals surface area contributed by atoms with Gasteiger partial charge in [0.1, 0.15) is 0 Å². The summed E-state index contributed by atoms with van der Waals surface area (Å²) in [5.41, 5.74) is 0.800. The third-order valence-electron chi connectivity index (χ3n) is 4.47. The van der Waals surface area contributed by atoms with Crippen LogP contribution in [0.3, 0.4) is 0 Å². The maximum absolute atomic E-state index is 12.7. The molecule has 0 aliphatic heterocycles. The number of benzene rings is 1. The average Bonchev–Trinajstić information content (AvgIpc) is 3.37. The maximum atomic E-state index is 12.7. The van der Waals surface area contributed by atoms with Crippen LogP contribution in [-0.4, -0.2) is 21.4 Å². The number of nitrogens with zero attached hydrogens (tertiary/aromatic N) is 2. The van der Waals surface area contributed by atoms with Gasteiger partial charge in [-0.1, -0.05) is 23.5 Å². The number of aryl methyl sites for hydroxylation is 1. The monoisotopic (exact) mass is 384 g/mol. The van der Waals surface area contributed by atoms with E-state index in [2.05, 4.69) is 0 Å². The molecule has 0 atom stereocenters. The lowest BCUT2D eigenvalue weighted by atomic mass is 10.1. The number of hydrogen-bond acceptors (Lipinski definition) is 3. The van der Waals surface area contributed by atoms with Crippen LogP contribution in [0.5, 0.6) is 0 Å². The number of carbonyl (C=O) groups excluding carboxylic acids is 1. The van der Waals surface area contributed by atoms with Gasteiger partial charge in [-0.25, -0.2) is 0 Å². The number of halogens is 3. The smallest absolute Gasteiger partial charge is 0.335 e. The van der Waals surface area contributed by atoms with Crippen LogP contribution >= 0.6 is 11.3 Å². The number of alkyl halides is 3. The molecule has 1 fully saturated rings. The fourth-order valence-electron chi connectivity index (χ4n) is 2.83. The topological polar surface area (TPSA) is 42.3 Å². The van der Waals surface area contributed by atoms with Gasteiger partial charge in [0, 0.05) is 36.6 Å². The van der Waals surface area contributed by atoms with E-state index >= 15 is 0 Å². The van der Waals surface area contributed by atoms with Gasteiger partial charge in [-0.05, 0) is 37.5 Å². The van der Waals surface area contributed by atoms with E-state index in [1.54, 1.807) is 14.8 Å². The van der Waals surface area contributed by atoms with Gasteiger partial charge >= 0.3 is 11.0 Å². The van der Waals surface area contributed by atoms with E-state index in [0.29, 0.717) is 18.7 Å². The predicted molar refractivity (Wildman–Crippen MR) is 92.9 cm³/mol. The highest BCUT2D eigenvalue weighted by atomic mass is 32.1. The van der Waals surface area contributed by atoms with Crippen LogP contribution in [0.4, 0.5) is 13.2 Å². The minimum absolute atomic E-state index is 0.0788. The van der Waals surface area contributed by atoms with Crippen molar-refractivity contribution in [2.24, 2.45) is 0 Å². The molecule has 2 aromatic rings. The Kier molecular flexibility index (Phi) is 5.22. The summed E-state index contributed by atoms with van der Waals surface area (Å²) in [6.45, 7) is 2.44. The fourth-order valence-corrected chi connectivity index (χ4v) is 3.59. The van der Waals surface area contributed by atoms with E-state index < -0.39 is 11.7 Å². The lowest BCUT2D eigenvalue weighted by Crippen LogP contribution is -2.33. The molecule has 8 heteroatoms. The number of carbonyl (C=O) groups is 1. The van der Waals surface area contributed by atoms with Crippen molar-refractivity contribution in [2.45, 2.75) is 51.5 Å². The van der Waals surface area contributed by atoms with Gasteiger partial charge in [-0.3, -0.25) is 9.59 Å². The predicted octanol–water partition coefficient (Wildman–Crippen LogP) is 3.82. The lowest BCUT2D eigenvalue weighted by Gasteiger charge is -2.23. The lowest BCUT2D eigenvalue weighted by molar-refractivity contribution is -0.137. The molecule has 0 unspecified atom stereocenters. The number of thiazole rings is 1. The summed E-state index contributed by atoms with van der Waals surface area (Å²) in [6, 6.07) is 5.06. The number of aromatic nitrogens is 1. The Morgan fingerprint density at radius 3 is 2.42 bits per heavy atom. The quantitative estimate of drug-likeness (QED) is 0.760. The molecule has 1 aromatic heterocycles. The van der Waals surface area contributed by atoms with Crippen molar-refractivity contribution >= 4 is 17.2 Å². The van der Waals surface area contributed by atoms with E-state index in [-0.39, 0.29) is 23.2 Å². The second-order valence-electron chi connectivity index (χ2n) is 6.49. The molecule has 1 saturated carbocycles. The number of hydrogen-bond donors (Lipinski definition) is 0. The van der Waals surface area contributed by atoms with Gasteiger partial charge < -0.3 is 9.47 Å². The van der Waals surface area contributed by atoms with Gasteiger partial charge in [0.05, 0.1) is 5.56 Å². The van der Waals surface area contributed by atoms with Gasteiger partial charge in [0.15, 0.2) is 0 Å². The summed E-state index contributed by atoms with van der Waals surface area (Å²) in [6.07, 6.45) is -2.35. The second kappa shape index (κ2) is 7.26. The van der Waals surface area contributed by atoms with E-state index in [1.807, 2.05) is 6.92 Å². The molecule has 1 heterocycles. The zero-order chi connectivity index (χ0) is 18.9. The van der Waals surface area contributed by atoms with E-state index in [9.17, 15) is 22.8 Å². The molecular weight excluding hydrogens is 365 g/mol. The Hall–Kier alpha value is -2.09. The molecule has 140 valence electrons. The second-order valence-corrected chi connectivity index (χ2v) is 7.31. The van der Waals surface area contributed by atoms with Crippen LogP contribution in [-0.2, 0) is 24.1 Å². The first-order chi connectivity index (χ1) is 12.3. The Bertz CT molecular complexity index is 835. The molecule has 1 amide bonds. The molecule has 0 bridgehead atoms. The van der Waals surface area contributed by atoms with Crippen molar-refractivity contribution in [3.05, 3.63) is 56.1 Å². The summed E-state index contributed by atoms with van der Waals surface area (Å²) in [5, 5.41) is 1.76. The highest BCUT2D eigenvalue weighted by molar-refractivity contribution is 7.07. The Morgan fingerprint density at radius 1 is 1.27 bits per heavy atom. The summed E-state index contributed by atoms with van der Waals surface area (Å²) >= 11 is 1.11. The fraction of sp³-hybridized carbons (Fsp3) is 0.444. The molecule has 0 radical (unpaired) electrons. The minimum atomic E-state index is -4.36. The van der Waals surface area contributed by atoms with Crippen LogP contribution in [0.2, 0.25) is 0 Å². The van der Waals surface area contributed by atoms with Crippen molar-refractivity contribution < 1.29 is 18.0 Å². The number of amides is 1. The molecule has 4 nitrogen and oxygen atoms in total. The van der Waals surface area contributed by atoms with Crippen molar-refractivity contribution in [3.8, 4) is 0 Å². The molecule has 26 heavy (non-hydrogen) atoms. The molecule has 1 aliphatic carbocycles. The van der Waals surface area contributed by atoms with E-state index in [4.69, 9.17) is 0 Å². The zero-order valence-corrected chi connectivity index (χ0v) is 15.1. The van der Waals surface area contributed by atoms with Gasteiger partial charge in [0.2, 0.25) is 5.91 Å². The molecule has 0 N–H and O–H groups in total. The van der Waals surface area contributed by atoms with Crippen LogP contribution in [0, 0.1) is 6.92 Å². The summed E-state index contributed by atoms with van der Waals surface area (Å²) in [5.74, 6) is -0.0788. The first-order valence-electron chi connectivity index (χ1n) is 8.36. The maximum Gasteiger partial charge on any atom is 0.416 e. The number of rotatable bonds is 6. The third kappa shape index (κ3) is 4.35. The van der Waals surface area contributed by atoms with Gasteiger partial charge in [-0.2, -0.15) is 13.2 Å². The van der Waals surface area contributed by atoms with Crippen LogP contribution < -0.4 is 4.87 Å². The molecule has 1 aliphatic rings. The van der Waals surface area contributed by atoms with Crippen LogP contribution in [0.1, 0.15) is 36.1 Å². The van der Waals surface area contributed by atoms with Gasteiger partial charge in [0.25, 0.3) is 0 Å². The molecule has 0 spiro atoms. The summed E-state index contributed by atoms with van der Waals surface area (Å²) < 4.78 is 39.5. The summed E-state index contributed by atoms with van der Waals surface area (Å²) in [4.78, 5) is 26.0. The molecule has 3 rings (SSSR count). The standard InChI is InChI=1S/C18H19F3N2O2S/c1-12-11-26-17(25)22(12)9-8-16(24)23(15-6-7-15)10-13-2-4-14(5-3-13)18(19,20)21/h2-5,11,15H,6-10H2,1H3. The SMILES string of the molecule is Cc1csc(=O)n1CCC(=O)N(Cc1ccc(C(F)(F)F)cc1)C1CC1. The largest absolute Gasteiger partial charge is 0.416 e. The van der Waals surface area contributed by atoms with E-state index in [0.717, 1.165) is 42.0 Å². The zero-order valence-electron chi connectivity index (χ0n) is 14.3. The Labute approximate surface area is 152 Å².